The molecule has 2 N–H and O–H groups in total. The van der Waals surface area contributed by atoms with Gasteiger partial charge >= 0.3 is 0 Å². The Morgan fingerprint density at radius 1 is 1.12 bits per heavy atom. The number of benzene rings is 1. The molecule has 0 radical (unpaired) electrons. The fourth-order valence-corrected chi connectivity index (χ4v) is 2.63. The van der Waals surface area contributed by atoms with Crippen molar-refractivity contribution < 1.29 is 0 Å². The summed E-state index contributed by atoms with van der Waals surface area (Å²) in [6.45, 7) is 4.45. The van der Waals surface area contributed by atoms with Crippen LogP contribution >= 0.6 is 0 Å². The maximum Gasteiger partial charge on any atom is 0.0456 e. The Balaban J connectivity index is 1.97. The van der Waals surface area contributed by atoms with E-state index in [1.807, 2.05) is 0 Å². The minimum Gasteiger partial charge on any atom is -0.358 e. The zero-order valence-corrected chi connectivity index (χ0v) is 9.72. The van der Waals surface area contributed by atoms with Gasteiger partial charge in [-0.15, -0.1) is 0 Å². The Kier molecular flexibility index (Phi) is 2.44. The van der Waals surface area contributed by atoms with Crippen molar-refractivity contribution in [2.45, 2.75) is 25.7 Å². The SMILES string of the molecule is Cc1ccc2[nH]c(C3CCNCC3)cc2c1. The molecule has 3 rings (SSSR count). The molecule has 0 saturated carbocycles. The minimum absolute atomic E-state index is 0.717. The van der Waals surface area contributed by atoms with E-state index in [0.29, 0.717) is 5.92 Å². The van der Waals surface area contributed by atoms with Crippen molar-refractivity contribution in [1.29, 1.82) is 0 Å². The third-order valence-corrected chi connectivity index (χ3v) is 3.58. The van der Waals surface area contributed by atoms with Gasteiger partial charge in [0.2, 0.25) is 0 Å². The summed E-state index contributed by atoms with van der Waals surface area (Å²) in [5.41, 5.74) is 4.03. The van der Waals surface area contributed by atoms with Crippen LogP contribution in [0.15, 0.2) is 24.3 Å². The second-order valence-corrected chi connectivity index (χ2v) is 4.84. The van der Waals surface area contributed by atoms with E-state index in [0.717, 1.165) is 13.1 Å². The molecule has 1 saturated heterocycles. The highest BCUT2D eigenvalue weighted by Crippen LogP contribution is 2.27. The predicted molar refractivity (Wildman–Crippen MR) is 67.9 cm³/mol. The molecule has 0 atom stereocenters. The number of rotatable bonds is 1. The van der Waals surface area contributed by atoms with Gasteiger partial charge in [-0.1, -0.05) is 11.6 Å². The van der Waals surface area contributed by atoms with Gasteiger partial charge in [-0.25, -0.2) is 0 Å². The van der Waals surface area contributed by atoms with E-state index in [-0.39, 0.29) is 0 Å². The van der Waals surface area contributed by atoms with Crippen molar-refractivity contribution in [3.05, 3.63) is 35.5 Å². The number of fused-ring (bicyclic) bond motifs is 1. The minimum atomic E-state index is 0.717. The van der Waals surface area contributed by atoms with Gasteiger partial charge in [0.25, 0.3) is 0 Å². The van der Waals surface area contributed by atoms with Crippen LogP contribution in [0.3, 0.4) is 0 Å². The first-order valence-electron chi connectivity index (χ1n) is 6.13. The number of nitrogens with one attached hydrogen (secondary N) is 2. The van der Waals surface area contributed by atoms with E-state index in [1.165, 1.54) is 35.0 Å². The molecule has 1 aliphatic heterocycles. The molecule has 1 aliphatic rings. The van der Waals surface area contributed by atoms with Gasteiger partial charge in [-0.05, 0) is 56.4 Å². The number of aryl methyl sites for hydroxylation is 1. The molecule has 2 heteroatoms. The number of H-pyrrole nitrogens is 1. The summed E-state index contributed by atoms with van der Waals surface area (Å²) >= 11 is 0. The van der Waals surface area contributed by atoms with E-state index in [9.17, 15) is 0 Å². The molecule has 2 nitrogen and oxygen atoms in total. The van der Waals surface area contributed by atoms with Crippen LogP contribution in [0.25, 0.3) is 10.9 Å². The first-order chi connectivity index (χ1) is 7.83. The number of aromatic amines is 1. The Bertz CT molecular complexity index is 492. The third-order valence-electron chi connectivity index (χ3n) is 3.58. The lowest BCUT2D eigenvalue weighted by molar-refractivity contribution is 0.455. The molecule has 2 aromatic rings. The normalized spacial score (nSPS) is 18.1. The van der Waals surface area contributed by atoms with Crippen molar-refractivity contribution in [1.82, 2.24) is 10.3 Å². The molecule has 16 heavy (non-hydrogen) atoms. The monoisotopic (exact) mass is 214 g/mol. The smallest absolute Gasteiger partial charge is 0.0456 e. The van der Waals surface area contributed by atoms with Gasteiger partial charge < -0.3 is 10.3 Å². The Morgan fingerprint density at radius 3 is 2.75 bits per heavy atom. The van der Waals surface area contributed by atoms with Crippen LogP contribution in [0.1, 0.15) is 30.0 Å². The lowest BCUT2D eigenvalue weighted by Crippen LogP contribution is -2.26. The first kappa shape index (κ1) is 9.91. The van der Waals surface area contributed by atoms with Crippen molar-refractivity contribution in [2.24, 2.45) is 0 Å². The maximum absolute atomic E-state index is 3.56. The van der Waals surface area contributed by atoms with Crippen LogP contribution in [0, 0.1) is 6.92 Å². The molecule has 0 spiro atoms. The average molecular weight is 214 g/mol. The number of aromatic nitrogens is 1. The largest absolute Gasteiger partial charge is 0.358 e. The van der Waals surface area contributed by atoms with E-state index >= 15 is 0 Å². The Morgan fingerprint density at radius 2 is 1.94 bits per heavy atom. The molecule has 84 valence electrons. The highest BCUT2D eigenvalue weighted by Gasteiger charge is 2.16. The van der Waals surface area contributed by atoms with Crippen LogP contribution in [0.4, 0.5) is 0 Å². The average Bonchev–Trinajstić information content (AvgIpc) is 2.73. The van der Waals surface area contributed by atoms with Crippen molar-refractivity contribution in [2.75, 3.05) is 13.1 Å². The second-order valence-electron chi connectivity index (χ2n) is 4.84. The van der Waals surface area contributed by atoms with E-state index in [1.54, 1.807) is 0 Å². The molecule has 1 aromatic heterocycles. The molecule has 1 fully saturated rings. The van der Waals surface area contributed by atoms with Crippen LogP contribution in [-0.2, 0) is 0 Å². The van der Waals surface area contributed by atoms with Gasteiger partial charge in [-0.2, -0.15) is 0 Å². The van der Waals surface area contributed by atoms with Crippen molar-refractivity contribution >= 4 is 10.9 Å². The second kappa shape index (κ2) is 3.95. The van der Waals surface area contributed by atoms with Crippen LogP contribution in [-0.4, -0.2) is 18.1 Å². The molecule has 0 unspecified atom stereocenters. The lowest BCUT2D eigenvalue weighted by Gasteiger charge is -2.21. The van der Waals surface area contributed by atoms with Crippen LogP contribution < -0.4 is 5.32 Å². The van der Waals surface area contributed by atoms with E-state index < -0.39 is 0 Å². The van der Waals surface area contributed by atoms with Crippen LogP contribution in [0.2, 0.25) is 0 Å². The Hall–Kier alpha value is -1.28. The number of hydrogen-bond donors (Lipinski definition) is 2. The zero-order chi connectivity index (χ0) is 11.0. The van der Waals surface area contributed by atoms with Gasteiger partial charge in [0.1, 0.15) is 0 Å². The standard InChI is InChI=1S/C14H18N2/c1-10-2-3-13-12(8-10)9-14(16-13)11-4-6-15-7-5-11/h2-3,8-9,11,15-16H,4-7H2,1H3. The molecule has 0 aliphatic carbocycles. The molecule has 1 aromatic carbocycles. The summed E-state index contributed by atoms with van der Waals surface area (Å²) in [6.07, 6.45) is 2.51. The summed E-state index contributed by atoms with van der Waals surface area (Å²) in [7, 11) is 0. The number of hydrogen-bond acceptors (Lipinski definition) is 1. The molecular weight excluding hydrogens is 196 g/mol. The summed E-state index contributed by atoms with van der Waals surface area (Å²) in [4.78, 5) is 3.56. The lowest BCUT2D eigenvalue weighted by atomic mass is 9.95. The van der Waals surface area contributed by atoms with Crippen molar-refractivity contribution in [3.8, 4) is 0 Å². The maximum atomic E-state index is 3.56. The quantitative estimate of drug-likeness (QED) is 0.750. The molecular formula is C14H18N2. The topological polar surface area (TPSA) is 27.8 Å². The molecule has 2 heterocycles. The first-order valence-corrected chi connectivity index (χ1v) is 6.13. The van der Waals surface area contributed by atoms with Gasteiger partial charge in [0.05, 0.1) is 0 Å². The summed E-state index contributed by atoms with van der Waals surface area (Å²) < 4.78 is 0. The fourth-order valence-electron chi connectivity index (χ4n) is 2.63. The van der Waals surface area contributed by atoms with E-state index in [4.69, 9.17) is 0 Å². The molecule has 0 bridgehead atoms. The van der Waals surface area contributed by atoms with Gasteiger partial charge in [0.15, 0.2) is 0 Å². The summed E-state index contributed by atoms with van der Waals surface area (Å²) in [5.74, 6) is 0.717. The van der Waals surface area contributed by atoms with Crippen molar-refractivity contribution in [3.63, 3.8) is 0 Å². The van der Waals surface area contributed by atoms with Crippen LogP contribution in [0.5, 0.6) is 0 Å². The highest BCUT2D eigenvalue weighted by atomic mass is 14.9. The third kappa shape index (κ3) is 1.74. The number of piperidine rings is 1. The highest BCUT2D eigenvalue weighted by molar-refractivity contribution is 5.81. The summed E-state index contributed by atoms with van der Waals surface area (Å²) in [5, 5.41) is 4.77. The van der Waals surface area contributed by atoms with Gasteiger partial charge in [-0.3, -0.25) is 0 Å². The Labute approximate surface area is 96.1 Å². The fraction of sp³-hybridized carbons (Fsp3) is 0.429. The van der Waals surface area contributed by atoms with E-state index in [2.05, 4.69) is 41.5 Å². The van der Waals surface area contributed by atoms with Gasteiger partial charge in [0, 0.05) is 17.1 Å². The molecule has 0 amide bonds. The zero-order valence-electron chi connectivity index (χ0n) is 9.72. The predicted octanol–water partition coefficient (Wildman–Crippen LogP) is 2.94. The summed E-state index contributed by atoms with van der Waals surface area (Å²) in [6, 6.07) is 8.95.